The van der Waals surface area contributed by atoms with Crippen LogP contribution >= 0.6 is 11.6 Å². The van der Waals surface area contributed by atoms with Crippen molar-refractivity contribution in [3.63, 3.8) is 0 Å². The number of nitrogens with one attached hydrogen (secondary N) is 1. The van der Waals surface area contributed by atoms with E-state index in [4.69, 9.17) is 16.9 Å². The van der Waals surface area contributed by atoms with Crippen LogP contribution in [0.15, 0.2) is 36.5 Å². The number of pyridine rings is 1. The molecule has 5 heteroatoms. The van der Waals surface area contributed by atoms with Crippen LogP contribution < -0.4 is 5.32 Å². The summed E-state index contributed by atoms with van der Waals surface area (Å²) in [6.45, 7) is 0. The van der Waals surface area contributed by atoms with Gasteiger partial charge in [0.1, 0.15) is 17.7 Å². The number of hydrogen-bond acceptors (Lipinski definition) is 3. The van der Waals surface area contributed by atoms with Gasteiger partial charge in [-0.1, -0.05) is 11.6 Å². The molecule has 0 saturated heterocycles. The van der Waals surface area contributed by atoms with Crippen molar-refractivity contribution in [2.24, 2.45) is 0 Å². The highest BCUT2D eigenvalue weighted by Gasteiger charge is 2.01. The molecular weight excluding hydrogens is 241 g/mol. The number of benzene rings is 1. The van der Waals surface area contributed by atoms with Crippen LogP contribution in [0.5, 0.6) is 0 Å². The zero-order valence-electron chi connectivity index (χ0n) is 8.61. The van der Waals surface area contributed by atoms with Crippen molar-refractivity contribution in [2.45, 2.75) is 0 Å². The standard InChI is InChI=1S/C12H7ClFN3/c13-10-5-9(2-3-11(10)14)17-12-4-1-8(6-15)7-16-12/h1-5,7H,(H,16,17). The van der Waals surface area contributed by atoms with E-state index in [1.54, 1.807) is 18.2 Å². The SMILES string of the molecule is N#Cc1ccc(Nc2ccc(F)c(Cl)c2)nc1. The van der Waals surface area contributed by atoms with Crippen LogP contribution in [0, 0.1) is 17.1 Å². The average molecular weight is 248 g/mol. The lowest BCUT2D eigenvalue weighted by molar-refractivity contribution is 0.628. The number of nitrogens with zero attached hydrogens (tertiary/aromatic N) is 2. The number of rotatable bonds is 2. The van der Waals surface area contributed by atoms with Crippen molar-refractivity contribution >= 4 is 23.1 Å². The van der Waals surface area contributed by atoms with Crippen LogP contribution in [0.25, 0.3) is 0 Å². The van der Waals surface area contributed by atoms with E-state index in [-0.39, 0.29) is 5.02 Å². The fraction of sp³-hybridized carbons (Fsp3) is 0. The lowest BCUT2D eigenvalue weighted by Gasteiger charge is -2.05. The van der Waals surface area contributed by atoms with Crippen molar-refractivity contribution in [3.8, 4) is 6.07 Å². The molecule has 2 aromatic rings. The molecule has 0 bridgehead atoms. The number of halogens is 2. The molecule has 1 aromatic carbocycles. The molecular formula is C12H7ClFN3. The van der Waals surface area contributed by atoms with Crippen molar-refractivity contribution in [3.05, 3.63) is 52.9 Å². The first-order valence-electron chi connectivity index (χ1n) is 4.77. The lowest BCUT2D eigenvalue weighted by atomic mass is 10.3. The van der Waals surface area contributed by atoms with Gasteiger partial charge in [-0.2, -0.15) is 5.26 Å². The highest BCUT2D eigenvalue weighted by molar-refractivity contribution is 6.31. The average Bonchev–Trinajstić information content (AvgIpc) is 2.35. The van der Waals surface area contributed by atoms with Crippen LogP contribution in [0.2, 0.25) is 5.02 Å². The second-order valence-corrected chi connectivity index (χ2v) is 3.71. The Balaban J connectivity index is 2.20. The molecule has 3 nitrogen and oxygen atoms in total. The molecule has 1 N–H and O–H groups in total. The van der Waals surface area contributed by atoms with E-state index >= 15 is 0 Å². The molecule has 0 atom stereocenters. The Labute approximate surface area is 102 Å². The maximum atomic E-state index is 12.9. The Hall–Kier alpha value is -2.12. The number of nitriles is 1. The molecule has 1 aromatic heterocycles. The van der Waals surface area contributed by atoms with E-state index in [0.717, 1.165) is 0 Å². The van der Waals surface area contributed by atoms with Gasteiger partial charge < -0.3 is 5.32 Å². The summed E-state index contributed by atoms with van der Waals surface area (Å²) in [5, 5.41) is 11.6. The van der Waals surface area contributed by atoms with E-state index in [2.05, 4.69) is 10.3 Å². The number of hydrogen-bond donors (Lipinski definition) is 1. The molecule has 1 heterocycles. The summed E-state index contributed by atoms with van der Waals surface area (Å²) in [5.41, 5.74) is 1.11. The quantitative estimate of drug-likeness (QED) is 0.884. The molecule has 0 radical (unpaired) electrons. The predicted molar refractivity (Wildman–Crippen MR) is 63.6 cm³/mol. The minimum atomic E-state index is -0.468. The summed E-state index contributed by atoms with van der Waals surface area (Å²) in [6.07, 6.45) is 1.45. The van der Waals surface area contributed by atoms with E-state index in [0.29, 0.717) is 17.1 Å². The molecule has 2 rings (SSSR count). The normalized spacial score (nSPS) is 9.71. The second-order valence-electron chi connectivity index (χ2n) is 3.30. The summed E-state index contributed by atoms with van der Waals surface area (Å²) in [6, 6.07) is 9.57. The first kappa shape index (κ1) is 11.4. The topological polar surface area (TPSA) is 48.7 Å². The van der Waals surface area contributed by atoms with E-state index < -0.39 is 5.82 Å². The fourth-order valence-electron chi connectivity index (χ4n) is 1.26. The van der Waals surface area contributed by atoms with Gasteiger partial charge in [0.05, 0.1) is 10.6 Å². The summed E-state index contributed by atoms with van der Waals surface area (Å²) in [5.74, 6) is 0.0941. The fourth-order valence-corrected chi connectivity index (χ4v) is 1.44. The maximum Gasteiger partial charge on any atom is 0.141 e. The number of anilines is 2. The molecule has 0 aliphatic carbocycles. The van der Waals surface area contributed by atoms with Crippen molar-refractivity contribution in [2.75, 3.05) is 5.32 Å². The Morgan fingerprint density at radius 2 is 2.12 bits per heavy atom. The third-order valence-electron chi connectivity index (χ3n) is 2.08. The summed E-state index contributed by atoms with van der Waals surface area (Å²) in [4.78, 5) is 4.03. The molecule has 0 spiro atoms. The molecule has 0 aliphatic heterocycles. The molecule has 84 valence electrons. The van der Waals surface area contributed by atoms with Gasteiger partial charge in [-0.3, -0.25) is 0 Å². The van der Waals surface area contributed by atoms with Crippen LogP contribution in [0.1, 0.15) is 5.56 Å². The Morgan fingerprint density at radius 1 is 1.29 bits per heavy atom. The van der Waals surface area contributed by atoms with Crippen molar-refractivity contribution < 1.29 is 4.39 Å². The Kier molecular flexibility index (Phi) is 3.22. The van der Waals surface area contributed by atoms with Crippen molar-refractivity contribution in [1.29, 1.82) is 5.26 Å². The van der Waals surface area contributed by atoms with Crippen LogP contribution in [0.3, 0.4) is 0 Å². The van der Waals surface area contributed by atoms with E-state index in [9.17, 15) is 4.39 Å². The number of aromatic nitrogens is 1. The summed E-state index contributed by atoms with van der Waals surface area (Å²) < 4.78 is 12.9. The van der Waals surface area contributed by atoms with Gasteiger partial charge in [0.15, 0.2) is 0 Å². The third-order valence-corrected chi connectivity index (χ3v) is 2.37. The lowest BCUT2D eigenvalue weighted by Crippen LogP contribution is -1.94. The Bertz CT molecular complexity index is 575. The van der Waals surface area contributed by atoms with Gasteiger partial charge in [0.2, 0.25) is 0 Å². The molecule has 0 aliphatic rings. The largest absolute Gasteiger partial charge is 0.340 e. The third kappa shape index (κ3) is 2.71. The van der Waals surface area contributed by atoms with Gasteiger partial charge in [0.25, 0.3) is 0 Å². The summed E-state index contributed by atoms with van der Waals surface area (Å²) >= 11 is 5.65. The van der Waals surface area contributed by atoms with Gasteiger partial charge >= 0.3 is 0 Å². The van der Waals surface area contributed by atoms with Gasteiger partial charge in [-0.05, 0) is 30.3 Å². The highest BCUT2D eigenvalue weighted by atomic mass is 35.5. The highest BCUT2D eigenvalue weighted by Crippen LogP contribution is 2.21. The predicted octanol–water partition coefficient (Wildman–Crippen LogP) is 3.49. The Morgan fingerprint density at radius 3 is 2.71 bits per heavy atom. The second kappa shape index (κ2) is 4.81. The first-order valence-corrected chi connectivity index (χ1v) is 5.15. The van der Waals surface area contributed by atoms with Crippen LogP contribution in [0.4, 0.5) is 15.9 Å². The van der Waals surface area contributed by atoms with Gasteiger partial charge in [-0.25, -0.2) is 9.37 Å². The van der Waals surface area contributed by atoms with Gasteiger partial charge in [0, 0.05) is 11.9 Å². The van der Waals surface area contributed by atoms with Crippen LogP contribution in [-0.2, 0) is 0 Å². The van der Waals surface area contributed by atoms with Crippen LogP contribution in [-0.4, -0.2) is 4.98 Å². The molecule has 0 saturated carbocycles. The smallest absolute Gasteiger partial charge is 0.141 e. The molecule has 0 unspecified atom stereocenters. The van der Waals surface area contributed by atoms with Crippen molar-refractivity contribution in [1.82, 2.24) is 4.98 Å². The first-order chi connectivity index (χ1) is 8.19. The maximum absolute atomic E-state index is 12.9. The minimum absolute atomic E-state index is 0.0450. The van der Waals surface area contributed by atoms with Gasteiger partial charge in [-0.15, -0.1) is 0 Å². The monoisotopic (exact) mass is 247 g/mol. The molecule has 0 amide bonds. The zero-order valence-corrected chi connectivity index (χ0v) is 9.37. The molecule has 0 fully saturated rings. The summed E-state index contributed by atoms with van der Waals surface area (Å²) in [7, 11) is 0. The zero-order chi connectivity index (χ0) is 12.3. The van der Waals surface area contributed by atoms with E-state index in [1.165, 1.54) is 18.3 Å². The van der Waals surface area contributed by atoms with E-state index in [1.807, 2.05) is 6.07 Å². The molecule has 17 heavy (non-hydrogen) atoms. The minimum Gasteiger partial charge on any atom is -0.340 e.